The highest BCUT2D eigenvalue weighted by Gasteiger charge is 2.24. The number of likely N-dealkylation sites (N-methyl/N-ethyl adjacent to an activating group) is 1. The highest BCUT2D eigenvalue weighted by molar-refractivity contribution is 8.18. The van der Waals surface area contributed by atoms with Crippen LogP contribution in [0.4, 0.5) is 4.79 Å². The molecule has 0 bridgehead atoms. The molecule has 2 aliphatic heterocycles. The lowest BCUT2D eigenvalue weighted by Crippen LogP contribution is -2.43. The third-order valence-electron chi connectivity index (χ3n) is 3.89. The molecule has 0 aliphatic carbocycles. The van der Waals surface area contributed by atoms with Crippen molar-refractivity contribution in [1.29, 1.82) is 0 Å². The Hall–Kier alpha value is -1.63. The molecular formula is C16H19N3O2S. The van der Waals surface area contributed by atoms with E-state index in [2.05, 4.69) is 34.3 Å². The van der Waals surface area contributed by atoms with Gasteiger partial charge in [-0.25, -0.2) is 0 Å². The van der Waals surface area contributed by atoms with Crippen molar-refractivity contribution in [1.82, 2.24) is 15.1 Å². The zero-order valence-electron chi connectivity index (χ0n) is 12.5. The monoisotopic (exact) mass is 317 g/mol. The van der Waals surface area contributed by atoms with Crippen LogP contribution in [-0.2, 0) is 11.3 Å². The van der Waals surface area contributed by atoms with Crippen LogP contribution in [0.25, 0.3) is 6.08 Å². The van der Waals surface area contributed by atoms with Gasteiger partial charge in [-0.2, -0.15) is 0 Å². The summed E-state index contributed by atoms with van der Waals surface area (Å²) in [5.74, 6) is -0.306. The van der Waals surface area contributed by atoms with E-state index in [1.807, 2.05) is 12.1 Å². The molecule has 2 amide bonds. The van der Waals surface area contributed by atoms with E-state index >= 15 is 0 Å². The maximum atomic E-state index is 11.6. The van der Waals surface area contributed by atoms with Gasteiger partial charge < -0.3 is 4.90 Å². The lowest BCUT2D eigenvalue weighted by atomic mass is 10.1. The second-order valence-electron chi connectivity index (χ2n) is 5.68. The molecular weight excluding hydrogens is 298 g/mol. The third-order valence-corrected chi connectivity index (χ3v) is 4.70. The molecule has 2 saturated heterocycles. The van der Waals surface area contributed by atoms with Gasteiger partial charge >= 0.3 is 0 Å². The fourth-order valence-corrected chi connectivity index (χ4v) is 3.30. The van der Waals surface area contributed by atoms with Gasteiger partial charge in [0, 0.05) is 32.7 Å². The highest BCUT2D eigenvalue weighted by atomic mass is 32.2. The fraction of sp³-hybridized carbons (Fsp3) is 0.375. The van der Waals surface area contributed by atoms with Gasteiger partial charge in [-0.05, 0) is 36.0 Å². The number of amides is 2. The Morgan fingerprint density at radius 1 is 1.23 bits per heavy atom. The number of nitrogens with one attached hydrogen (secondary N) is 1. The van der Waals surface area contributed by atoms with Gasteiger partial charge in [-0.3, -0.25) is 19.8 Å². The van der Waals surface area contributed by atoms with Crippen LogP contribution >= 0.6 is 11.8 Å². The van der Waals surface area contributed by atoms with Crippen LogP contribution in [0.2, 0.25) is 0 Å². The summed E-state index contributed by atoms with van der Waals surface area (Å²) in [6, 6.07) is 8.14. The Labute approximate surface area is 134 Å². The second-order valence-corrected chi connectivity index (χ2v) is 6.69. The molecule has 0 saturated carbocycles. The predicted octanol–water partition coefficient (Wildman–Crippen LogP) is 1.76. The van der Waals surface area contributed by atoms with E-state index in [9.17, 15) is 9.59 Å². The molecule has 22 heavy (non-hydrogen) atoms. The van der Waals surface area contributed by atoms with Crippen molar-refractivity contribution in [2.75, 3.05) is 33.2 Å². The summed E-state index contributed by atoms with van der Waals surface area (Å²) in [6.07, 6.45) is 1.78. The van der Waals surface area contributed by atoms with E-state index in [1.54, 1.807) is 6.08 Å². The number of hydrogen-bond acceptors (Lipinski definition) is 5. The summed E-state index contributed by atoms with van der Waals surface area (Å²) in [7, 11) is 2.15. The van der Waals surface area contributed by atoms with Gasteiger partial charge in [0.1, 0.15) is 0 Å². The molecule has 1 N–H and O–H groups in total. The minimum atomic E-state index is -0.306. The number of carbonyl (C=O) groups excluding carboxylic acids is 2. The lowest BCUT2D eigenvalue weighted by molar-refractivity contribution is -0.115. The van der Waals surface area contributed by atoms with Crippen molar-refractivity contribution >= 4 is 29.0 Å². The van der Waals surface area contributed by atoms with Crippen molar-refractivity contribution < 1.29 is 9.59 Å². The number of imide groups is 1. The lowest BCUT2D eigenvalue weighted by Gasteiger charge is -2.32. The van der Waals surface area contributed by atoms with Crippen LogP contribution in [0, 0.1) is 0 Å². The van der Waals surface area contributed by atoms with Crippen molar-refractivity contribution in [3.05, 3.63) is 40.3 Å². The number of piperazine rings is 1. The maximum Gasteiger partial charge on any atom is 0.290 e. The van der Waals surface area contributed by atoms with Crippen molar-refractivity contribution in [2.24, 2.45) is 0 Å². The molecule has 3 rings (SSSR count). The summed E-state index contributed by atoms with van der Waals surface area (Å²) in [5, 5.41) is 1.97. The molecule has 2 aliphatic rings. The summed E-state index contributed by atoms with van der Waals surface area (Å²) in [5.41, 5.74) is 2.19. The zero-order valence-corrected chi connectivity index (χ0v) is 13.4. The third kappa shape index (κ3) is 3.76. The topological polar surface area (TPSA) is 52.6 Å². The standard InChI is InChI=1S/C16H19N3O2S/c1-18-5-7-19(8-6-18)11-13-4-2-3-12(9-13)10-14-15(20)17-16(21)22-14/h2-4,9-10H,5-8,11H2,1H3,(H,17,20,21)/b14-10+. The molecule has 116 valence electrons. The van der Waals surface area contributed by atoms with Crippen LogP contribution in [0.1, 0.15) is 11.1 Å². The molecule has 2 heterocycles. The molecule has 6 heteroatoms. The largest absolute Gasteiger partial charge is 0.304 e. The zero-order chi connectivity index (χ0) is 15.5. The van der Waals surface area contributed by atoms with Crippen molar-refractivity contribution in [3.8, 4) is 0 Å². The van der Waals surface area contributed by atoms with Gasteiger partial charge in [0.2, 0.25) is 0 Å². The van der Waals surface area contributed by atoms with Crippen LogP contribution in [-0.4, -0.2) is 54.2 Å². The van der Waals surface area contributed by atoms with Gasteiger partial charge in [0.25, 0.3) is 11.1 Å². The van der Waals surface area contributed by atoms with Gasteiger partial charge in [-0.15, -0.1) is 0 Å². The second kappa shape index (κ2) is 6.64. The Kier molecular flexibility index (Phi) is 4.61. The first kappa shape index (κ1) is 15.3. The molecule has 0 radical (unpaired) electrons. The number of carbonyl (C=O) groups is 2. The SMILES string of the molecule is CN1CCN(Cc2cccc(/C=C3/SC(=O)NC3=O)c2)CC1. The Morgan fingerprint density at radius 3 is 2.68 bits per heavy atom. The molecule has 0 spiro atoms. The maximum absolute atomic E-state index is 11.6. The Morgan fingerprint density at radius 2 is 2.00 bits per heavy atom. The molecule has 0 unspecified atom stereocenters. The molecule has 0 aromatic heterocycles. The smallest absolute Gasteiger partial charge is 0.290 e. The predicted molar refractivity (Wildman–Crippen MR) is 88.3 cm³/mol. The van der Waals surface area contributed by atoms with E-state index in [0.717, 1.165) is 50.0 Å². The average molecular weight is 317 g/mol. The summed E-state index contributed by atoms with van der Waals surface area (Å²) < 4.78 is 0. The van der Waals surface area contributed by atoms with Crippen molar-refractivity contribution in [2.45, 2.75) is 6.54 Å². The van der Waals surface area contributed by atoms with Gasteiger partial charge in [0.15, 0.2) is 0 Å². The average Bonchev–Trinajstić information content (AvgIpc) is 2.80. The first-order chi connectivity index (χ1) is 10.6. The number of hydrogen-bond donors (Lipinski definition) is 1. The highest BCUT2D eigenvalue weighted by Crippen LogP contribution is 2.25. The van der Waals surface area contributed by atoms with E-state index in [4.69, 9.17) is 0 Å². The minimum Gasteiger partial charge on any atom is -0.304 e. The molecule has 0 atom stereocenters. The Balaban J connectivity index is 1.69. The number of thioether (sulfide) groups is 1. The van der Waals surface area contributed by atoms with Crippen LogP contribution < -0.4 is 5.32 Å². The fourth-order valence-electron chi connectivity index (χ4n) is 2.62. The molecule has 1 aromatic carbocycles. The van der Waals surface area contributed by atoms with Crippen LogP contribution in [0.3, 0.4) is 0 Å². The van der Waals surface area contributed by atoms with E-state index in [1.165, 1.54) is 5.56 Å². The number of nitrogens with zero attached hydrogens (tertiary/aromatic N) is 2. The van der Waals surface area contributed by atoms with E-state index in [0.29, 0.717) is 4.91 Å². The van der Waals surface area contributed by atoms with Gasteiger partial charge in [-0.1, -0.05) is 24.3 Å². The van der Waals surface area contributed by atoms with Crippen LogP contribution in [0.15, 0.2) is 29.2 Å². The van der Waals surface area contributed by atoms with Gasteiger partial charge in [0.05, 0.1) is 4.91 Å². The number of benzene rings is 1. The first-order valence-electron chi connectivity index (χ1n) is 7.35. The normalized spacial score (nSPS) is 22.3. The number of rotatable bonds is 3. The van der Waals surface area contributed by atoms with E-state index in [-0.39, 0.29) is 11.1 Å². The minimum absolute atomic E-state index is 0.301. The summed E-state index contributed by atoms with van der Waals surface area (Å²) >= 11 is 0.956. The van der Waals surface area contributed by atoms with Crippen molar-refractivity contribution in [3.63, 3.8) is 0 Å². The summed E-state index contributed by atoms with van der Waals surface area (Å²) in [6.45, 7) is 5.28. The summed E-state index contributed by atoms with van der Waals surface area (Å²) in [4.78, 5) is 28.0. The van der Waals surface area contributed by atoms with E-state index < -0.39 is 0 Å². The first-order valence-corrected chi connectivity index (χ1v) is 8.16. The molecule has 2 fully saturated rings. The quantitative estimate of drug-likeness (QED) is 0.861. The molecule has 5 nitrogen and oxygen atoms in total. The van der Waals surface area contributed by atoms with Crippen LogP contribution in [0.5, 0.6) is 0 Å². The Bertz CT molecular complexity index is 622. The molecule has 1 aromatic rings.